The molecule has 5 aromatic carbocycles. The zero-order chi connectivity index (χ0) is 29.4. The summed E-state index contributed by atoms with van der Waals surface area (Å²) in [4.78, 5) is 16.3. The van der Waals surface area contributed by atoms with Gasteiger partial charge in [0.05, 0.1) is 6.04 Å². The maximum absolute atomic E-state index is 14.2. The molecular formula is C38H38N2OP2. The van der Waals surface area contributed by atoms with Gasteiger partial charge in [0.25, 0.3) is 0 Å². The fraction of sp³-hybridized carbons (Fsp3) is 0.184. The molecule has 0 aliphatic carbocycles. The molecule has 0 radical (unpaired) electrons. The number of rotatable bonds is 9. The maximum Gasteiger partial charge on any atom is 0.318 e. The van der Waals surface area contributed by atoms with Crippen LogP contribution in [0.2, 0.25) is 0 Å². The monoisotopic (exact) mass is 600 g/mol. The summed E-state index contributed by atoms with van der Waals surface area (Å²) in [7, 11) is -1.28. The minimum absolute atomic E-state index is 0.0380. The molecule has 0 saturated carbocycles. The Bertz CT molecular complexity index is 1490. The van der Waals surface area contributed by atoms with Crippen LogP contribution in [0.4, 0.5) is 4.79 Å². The van der Waals surface area contributed by atoms with Crippen LogP contribution in [-0.2, 0) is 0 Å². The molecule has 1 saturated heterocycles. The third-order valence-electron chi connectivity index (χ3n) is 8.26. The fourth-order valence-electron chi connectivity index (χ4n) is 6.13. The van der Waals surface area contributed by atoms with Gasteiger partial charge >= 0.3 is 6.03 Å². The Hall–Kier alpha value is -3.77. The summed E-state index contributed by atoms with van der Waals surface area (Å²) in [5.74, 6) is 0. The van der Waals surface area contributed by atoms with Crippen molar-refractivity contribution in [3.05, 3.63) is 157 Å². The van der Waals surface area contributed by atoms with E-state index < -0.39 is 15.8 Å². The molecule has 5 aromatic rings. The van der Waals surface area contributed by atoms with Crippen molar-refractivity contribution < 1.29 is 4.79 Å². The lowest BCUT2D eigenvalue weighted by molar-refractivity contribution is 0.193. The molecule has 1 fully saturated rings. The fourth-order valence-corrected chi connectivity index (χ4v) is 11.6. The van der Waals surface area contributed by atoms with Crippen molar-refractivity contribution in [1.82, 2.24) is 10.2 Å². The predicted molar refractivity (Wildman–Crippen MR) is 185 cm³/mol. The van der Waals surface area contributed by atoms with Crippen LogP contribution in [0.1, 0.15) is 24.9 Å². The van der Waals surface area contributed by atoms with Crippen molar-refractivity contribution in [3.63, 3.8) is 0 Å². The molecular weight excluding hydrogens is 562 g/mol. The average molecular weight is 601 g/mol. The first-order valence-corrected chi connectivity index (χ1v) is 18.0. The third-order valence-corrected chi connectivity index (χ3v) is 13.7. The van der Waals surface area contributed by atoms with Crippen LogP contribution in [0.5, 0.6) is 0 Å². The molecule has 5 heteroatoms. The quantitative estimate of drug-likeness (QED) is 0.179. The van der Waals surface area contributed by atoms with E-state index in [-0.39, 0.29) is 18.1 Å². The lowest BCUT2D eigenvalue weighted by Gasteiger charge is -2.30. The van der Waals surface area contributed by atoms with Gasteiger partial charge < -0.3 is 10.2 Å². The summed E-state index contributed by atoms with van der Waals surface area (Å²) in [6, 6.07) is 54.0. The zero-order valence-corrected chi connectivity index (χ0v) is 26.3. The Labute approximate surface area is 258 Å². The standard InChI is InChI=1S/C38H38N2OP2/c1-30(31-17-7-2-8-18-31)39-38(41)40-28-37(43(35-23-13-5-14-24-35)36-25-15-6-16-26-36)27-32(40)29-42(33-19-9-3-10-20-33)34-21-11-4-12-22-34/h2-26,30,32,37H,27-29H2,1H3,(H,39,41)/t30-,32+,37+/m1/s1. The number of likely N-dealkylation sites (tertiary alicyclic amines) is 1. The van der Waals surface area contributed by atoms with Crippen LogP contribution in [-0.4, -0.2) is 35.3 Å². The molecule has 0 aromatic heterocycles. The topological polar surface area (TPSA) is 32.3 Å². The van der Waals surface area contributed by atoms with Crippen LogP contribution >= 0.6 is 15.8 Å². The first-order chi connectivity index (χ1) is 21.2. The van der Waals surface area contributed by atoms with Crippen molar-refractivity contribution >= 4 is 43.1 Å². The van der Waals surface area contributed by atoms with E-state index in [1.165, 1.54) is 21.2 Å². The highest BCUT2D eigenvalue weighted by atomic mass is 31.1. The molecule has 0 unspecified atom stereocenters. The number of nitrogens with one attached hydrogen (secondary N) is 1. The summed E-state index contributed by atoms with van der Waals surface area (Å²) < 4.78 is 0. The molecule has 1 N–H and O–H groups in total. The van der Waals surface area contributed by atoms with Gasteiger partial charge in [0, 0.05) is 18.2 Å². The van der Waals surface area contributed by atoms with Crippen molar-refractivity contribution in [2.24, 2.45) is 0 Å². The molecule has 216 valence electrons. The van der Waals surface area contributed by atoms with Crippen molar-refractivity contribution in [3.8, 4) is 0 Å². The second-order valence-corrected chi connectivity index (χ2v) is 15.9. The van der Waals surface area contributed by atoms with Gasteiger partial charge in [-0.25, -0.2) is 4.79 Å². The summed E-state index contributed by atoms with van der Waals surface area (Å²) >= 11 is 0. The molecule has 1 aliphatic heterocycles. The minimum atomic E-state index is -0.642. The molecule has 1 aliphatic rings. The highest BCUT2D eigenvalue weighted by Crippen LogP contribution is 2.48. The number of hydrogen-bond donors (Lipinski definition) is 1. The molecule has 3 atom stereocenters. The summed E-state index contributed by atoms with van der Waals surface area (Å²) in [5, 5.41) is 8.83. The van der Waals surface area contributed by atoms with Gasteiger partial charge in [-0.05, 0) is 62.1 Å². The summed E-state index contributed by atoms with van der Waals surface area (Å²) in [6.45, 7) is 2.83. The second-order valence-electron chi connectivity index (χ2n) is 11.1. The Balaban J connectivity index is 1.35. The lowest BCUT2D eigenvalue weighted by Crippen LogP contribution is -2.45. The number of amides is 2. The number of benzene rings is 5. The smallest absolute Gasteiger partial charge is 0.318 e. The molecule has 43 heavy (non-hydrogen) atoms. The van der Waals surface area contributed by atoms with Crippen LogP contribution in [0.3, 0.4) is 0 Å². The van der Waals surface area contributed by atoms with E-state index >= 15 is 0 Å². The number of nitrogens with zero attached hydrogens (tertiary/aromatic N) is 1. The van der Waals surface area contributed by atoms with Gasteiger partial charge in [-0.2, -0.15) is 0 Å². The number of carbonyl (C=O) groups excluding carboxylic acids is 1. The van der Waals surface area contributed by atoms with E-state index in [4.69, 9.17) is 0 Å². The normalized spacial score (nSPS) is 17.2. The van der Waals surface area contributed by atoms with Crippen molar-refractivity contribution in [1.29, 1.82) is 0 Å². The third kappa shape index (κ3) is 7.07. The first-order valence-electron chi connectivity index (χ1n) is 15.1. The largest absolute Gasteiger partial charge is 0.331 e. The van der Waals surface area contributed by atoms with Crippen molar-refractivity contribution in [2.75, 3.05) is 12.7 Å². The van der Waals surface area contributed by atoms with E-state index in [0.29, 0.717) is 5.66 Å². The van der Waals surface area contributed by atoms with Crippen LogP contribution < -0.4 is 26.5 Å². The SMILES string of the molecule is C[C@@H](NC(=O)N1C[C@@H](P(c2ccccc2)c2ccccc2)C[C@H]1CP(c1ccccc1)c1ccccc1)c1ccccc1. The first kappa shape index (κ1) is 29.3. The highest BCUT2D eigenvalue weighted by Gasteiger charge is 2.41. The summed E-state index contributed by atoms with van der Waals surface area (Å²) in [5.41, 5.74) is 1.49. The van der Waals surface area contributed by atoms with Gasteiger partial charge in [-0.15, -0.1) is 0 Å². The number of urea groups is 1. The second kappa shape index (κ2) is 14.1. The molecule has 0 bridgehead atoms. The minimum Gasteiger partial charge on any atom is -0.331 e. The van der Waals surface area contributed by atoms with Gasteiger partial charge in [0.1, 0.15) is 0 Å². The van der Waals surface area contributed by atoms with E-state index in [1.54, 1.807) is 0 Å². The van der Waals surface area contributed by atoms with Crippen LogP contribution in [0, 0.1) is 0 Å². The van der Waals surface area contributed by atoms with Gasteiger partial charge in [-0.1, -0.05) is 152 Å². The number of hydrogen-bond acceptors (Lipinski definition) is 1. The maximum atomic E-state index is 14.2. The zero-order valence-electron chi connectivity index (χ0n) is 24.5. The highest BCUT2D eigenvalue weighted by molar-refractivity contribution is 7.74. The van der Waals surface area contributed by atoms with Gasteiger partial charge in [-0.3, -0.25) is 0 Å². The lowest BCUT2D eigenvalue weighted by atomic mass is 10.1. The van der Waals surface area contributed by atoms with E-state index in [1.807, 2.05) is 18.2 Å². The Morgan fingerprint density at radius 2 is 1.09 bits per heavy atom. The molecule has 3 nitrogen and oxygen atoms in total. The Morgan fingerprint density at radius 3 is 1.56 bits per heavy atom. The molecule has 6 rings (SSSR count). The van der Waals surface area contributed by atoms with Gasteiger partial charge in [0.15, 0.2) is 0 Å². The van der Waals surface area contributed by atoms with E-state index in [9.17, 15) is 4.79 Å². The molecule has 0 spiro atoms. The van der Waals surface area contributed by atoms with Crippen LogP contribution in [0.15, 0.2) is 152 Å². The summed E-state index contributed by atoms with van der Waals surface area (Å²) in [6.07, 6.45) is 1.93. The molecule has 1 heterocycles. The average Bonchev–Trinajstić information content (AvgIpc) is 3.49. The van der Waals surface area contributed by atoms with Crippen LogP contribution in [0.25, 0.3) is 0 Å². The van der Waals surface area contributed by atoms with Gasteiger partial charge in [0.2, 0.25) is 0 Å². The predicted octanol–water partition coefficient (Wildman–Crippen LogP) is 7.17. The van der Waals surface area contributed by atoms with Crippen molar-refractivity contribution in [2.45, 2.75) is 31.1 Å². The van der Waals surface area contributed by atoms with E-state index in [2.05, 4.69) is 151 Å². The number of carbonyl (C=O) groups is 1. The molecule has 2 amide bonds. The Morgan fingerprint density at radius 1 is 0.674 bits per heavy atom. The Kier molecular flexibility index (Phi) is 9.63. The van der Waals surface area contributed by atoms with E-state index in [0.717, 1.165) is 24.7 Å².